The van der Waals surface area contributed by atoms with Crippen molar-refractivity contribution in [2.24, 2.45) is 0 Å². The molecule has 0 atom stereocenters. The van der Waals surface area contributed by atoms with E-state index in [0.717, 1.165) is 16.2 Å². The number of benzene rings is 2. The molecule has 1 N–H and O–H groups in total. The topological polar surface area (TPSA) is 38.3 Å². The van der Waals surface area contributed by atoms with E-state index >= 15 is 0 Å². The molecule has 2 aromatic carbocycles. The Labute approximate surface area is 142 Å². The van der Waals surface area contributed by atoms with E-state index in [9.17, 15) is 4.79 Å². The molecule has 2 aromatic rings. The van der Waals surface area contributed by atoms with Crippen LogP contribution in [0.2, 0.25) is 0 Å². The van der Waals surface area contributed by atoms with Crippen molar-refractivity contribution >= 4 is 17.7 Å². The summed E-state index contributed by atoms with van der Waals surface area (Å²) in [5.41, 5.74) is 2.29. The van der Waals surface area contributed by atoms with Gasteiger partial charge in [0.2, 0.25) is 5.91 Å². The molecule has 0 fully saturated rings. The predicted molar refractivity (Wildman–Crippen MR) is 96.0 cm³/mol. The summed E-state index contributed by atoms with van der Waals surface area (Å²) in [5, 5.41) is 2.94. The summed E-state index contributed by atoms with van der Waals surface area (Å²) in [6.07, 6.45) is 0.166. The number of carbonyl (C=O) groups excluding carboxylic acids is 1. The van der Waals surface area contributed by atoms with Crippen molar-refractivity contribution in [2.75, 3.05) is 5.75 Å². The average Bonchev–Trinajstić information content (AvgIpc) is 2.53. The van der Waals surface area contributed by atoms with E-state index in [4.69, 9.17) is 4.74 Å². The molecule has 122 valence electrons. The number of hydrogen-bond donors (Lipinski definition) is 1. The highest BCUT2D eigenvalue weighted by molar-refractivity contribution is 8.00. The Morgan fingerprint density at radius 2 is 1.74 bits per heavy atom. The molecule has 0 spiro atoms. The third kappa shape index (κ3) is 6.37. The smallest absolute Gasteiger partial charge is 0.230 e. The number of thioether (sulfide) groups is 1. The Morgan fingerprint density at radius 1 is 1.09 bits per heavy atom. The molecule has 0 saturated carbocycles. The van der Waals surface area contributed by atoms with Gasteiger partial charge in [0, 0.05) is 11.4 Å². The van der Waals surface area contributed by atoms with Crippen LogP contribution in [-0.2, 0) is 11.3 Å². The molecule has 0 heterocycles. The van der Waals surface area contributed by atoms with Gasteiger partial charge in [-0.25, -0.2) is 0 Å². The van der Waals surface area contributed by atoms with Crippen molar-refractivity contribution in [3.8, 4) is 5.75 Å². The number of ether oxygens (including phenoxy) is 1. The van der Waals surface area contributed by atoms with Crippen molar-refractivity contribution in [1.29, 1.82) is 0 Å². The zero-order chi connectivity index (χ0) is 16.7. The maximum atomic E-state index is 11.9. The summed E-state index contributed by atoms with van der Waals surface area (Å²) in [6, 6.07) is 16.0. The third-order valence-electron chi connectivity index (χ3n) is 3.18. The fourth-order valence-electron chi connectivity index (χ4n) is 1.99. The fraction of sp³-hybridized carbons (Fsp3) is 0.316. The number of nitrogens with one attached hydrogen (secondary N) is 1. The Bertz CT molecular complexity index is 621. The molecule has 23 heavy (non-hydrogen) atoms. The maximum absolute atomic E-state index is 11.9. The van der Waals surface area contributed by atoms with Gasteiger partial charge in [-0.05, 0) is 50.6 Å². The summed E-state index contributed by atoms with van der Waals surface area (Å²) in [4.78, 5) is 13.0. The zero-order valence-corrected chi connectivity index (χ0v) is 14.7. The van der Waals surface area contributed by atoms with Crippen LogP contribution >= 0.6 is 11.8 Å². The van der Waals surface area contributed by atoms with Crippen molar-refractivity contribution < 1.29 is 9.53 Å². The highest BCUT2D eigenvalue weighted by atomic mass is 32.2. The van der Waals surface area contributed by atoms with Crippen LogP contribution in [0.4, 0.5) is 0 Å². The zero-order valence-electron chi connectivity index (χ0n) is 13.8. The first-order chi connectivity index (χ1) is 11.0. The van der Waals surface area contributed by atoms with Gasteiger partial charge in [0.1, 0.15) is 5.75 Å². The van der Waals surface area contributed by atoms with Gasteiger partial charge in [-0.15, -0.1) is 11.8 Å². The lowest BCUT2D eigenvalue weighted by atomic mass is 10.2. The lowest BCUT2D eigenvalue weighted by Gasteiger charge is -2.10. The van der Waals surface area contributed by atoms with E-state index < -0.39 is 0 Å². The van der Waals surface area contributed by atoms with Gasteiger partial charge in [0.25, 0.3) is 0 Å². The summed E-state index contributed by atoms with van der Waals surface area (Å²) >= 11 is 1.55. The Hall–Kier alpha value is -1.94. The minimum atomic E-state index is 0.0399. The van der Waals surface area contributed by atoms with E-state index in [2.05, 4.69) is 24.4 Å². The van der Waals surface area contributed by atoms with E-state index in [-0.39, 0.29) is 12.0 Å². The first kappa shape index (κ1) is 17.4. The van der Waals surface area contributed by atoms with Gasteiger partial charge in [0.15, 0.2) is 0 Å². The molecule has 0 unspecified atom stereocenters. The van der Waals surface area contributed by atoms with Crippen LogP contribution in [0.3, 0.4) is 0 Å². The van der Waals surface area contributed by atoms with Crippen LogP contribution < -0.4 is 10.1 Å². The summed E-state index contributed by atoms with van der Waals surface area (Å²) in [5.74, 6) is 1.32. The largest absolute Gasteiger partial charge is 0.491 e. The Balaban J connectivity index is 1.74. The van der Waals surface area contributed by atoms with Gasteiger partial charge in [0.05, 0.1) is 11.9 Å². The summed E-state index contributed by atoms with van der Waals surface area (Å²) in [6.45, 7) is 6.59. The molecule has 4 heteroatoms. The van der Waals surface area contributed by atoms with Gasteiger partial charge in [-0.3, -0.25) is 4.79 Å². The lowest BCUT2D eigenvalue weighted by molar-refractivity contribution is -0.118. The van der Waals surface area contributed by atoms with Crippen molar-refractivity contribution in [1.82, 2.24) is 5.32 Å². The molecule has 0 aliphatic carbocycles. The summed E-state index contributed by atoms with van der Waals surface area (Å²) in [7, 11) is 0. The van der Waals surface area contributed by atoms with E-state index in [1.54, 1.807) is 11.8 Å². The quantitative estimate of drug-likeness (QED) is 0.774. The van der Waals surface area contributed by atoms with Gasteiger partial charge in [-0.1, -0.05) is 29.8 Å². The Kier molecular flexibility index (Phi) is 6.53. The molecule has 0 bridgehead atoms. The molecule has 0 radical (unpaired) electrons. The van der Waals surface area contributed by atoms with Crippen LogP contribution in [0.1, 0.15) is 25.0 Å². The molecule has 2 rings (SSSR count). The van der Waals surface area contributed by atoms with Crippen molar-refractivity contribution in [3.05, 3.63) is 59.7 Å². The van der Waals surface area contributed by atoms with Crippen LogP contribution in [0.15, 0.2) is 53.4 Å². The van der Waals surface area contributed by atoms with Gasteiger partial charge < -0.3 is 10.1 Å². The first-order valence-electron chi connectivity index (χ1n) is 7.74. The number of hydrogen-bond acceptors (Lipinski definition) is 3. The molecule has 0 aromatic heterocycles. The summed E-state index contributed by atoms with van der Waals surface area (Å²) < 4.78 is 5.60. The molecule has 0 aliphatic heterocycles. The second kappa shape index (κ2) is 8.63. The molecular weight excluding hydrogens is 306 g/mol. The number of rotatable bonds is 7. The highest BCUT2D eigenvalue weighted by Crippen LogP contribution is 2.18. The monoisotopic (exact) mass is 329 g/mol. The average molecular weight is 329 g/mol. The van der Waals surface area contributed by atoms with Crippen molar-refractivity contribution in [2.45, 2.75) is 38.3 Å². The SMILES string of the molecule is Cc1ccc(SCC(=O)NCc2ccc(OC(C)C)cc2)cc1. The minimum Gasteiger partial charge on any atom is -0.491 e. The first-order valence-corrected chi connectivity index (χ1v) is 8.73. The molecular formula is C19H23NO2S. The predicted octanol–water partition coefficient (Wildman–Crippen LogP) is 4.19. The number of aryl methyl sites for hydroxylation is 1. The normalized spacial score (nSPS) is 10.6. The van der Waals surface area contributed by atoms with Gasteiger partial charge in [-0.2, -0.15) is 0 Å². The second-order valence-corrected chi connectivity index (χ2v) is 6.74. The molecule has 0 saturated heterocycles. The highest BCUT2D eigenvalue weighted by Gasteiger charge is 2.04. The third-order valence-corrected chi connectivity index (χ3v) is 4.19. The maximum Gasteiger partial charge on any atom is 0.230 e. The van der Waals surface area contributed by atoms with Crippen molar-refractivity contribution in [3.63, 3.8) is 0 Å². The second-order valence-electron chi connectivity index (χ2n) is 5.69. The van der Waals surface area contributed by atoms with E-state index in [0.29, 0.717) is 12.3 Å². The van der Waals surface area contributed by atoms with Crippen LogP contribution in [0.5, 0.6) is 5.75 Å². The molecule has 1 amide bonds. The van der Waals surface area contributed by atoms with Crippen LogP contribution in [0, 0.1) is 6.92 Å². The lowest BCUT2D eigenvalue weighted by Crippen LogP contribution is -2.24. The Morgan fingerprint density at radius 3 is 2.35 bits per heavy atom. The van der Waals surface area contributed by atoms with Gasteiger partial charge >= 0.3 is 0 Å². The number of carbonyl (C=O) groups is 1. The fourth-order valence-corrected chi connectivity index (χ4v) is 2.72. The van der Waals surface area contributed by atoms with Crippen LogP contribution in [-0.4, -0.2) is 17.8 Å². The standard InChI is InChI=1S/C19H23NO2S/c1-14(2)22-17-8-6-16(7-9-17)12-20-19(21)13-23-18-10-4-15(3)5-11-18/h4-11,14H,12-13H2,1-3H3,(H,20,21). The minimum absolute atomic E-state index is 0.0399. The van der Waals surface area contributed by atoms with E-state index in [1.807, 2.05) is 50.2 Å². The van der Waals surface area contributed by atoms with Crippen LogP contribution in [0.25, 0.3) is 0 Å². The molecule has 0 aliphatic rings. The molecule has 3 nitrogen and oxygen atoms in total. The van der Waals surface area contributed by atoms with E-state index in [1.165, 1.54) is 5.56 Å². The number of amides is 1.